The van der Waals surface area contributed by atoms with Crippen molar-refractivity contribution in [2.24, 2.45) is 0 Å². The smallest absolute Gasteiger partial charge is 0.257 e. The van der Waals surface area contributed by atoms with Gasteiger partial charge in [-0.3, -0.25) is 0 Å². The van der Waals surface area contributed by atoms with Crippen LogP contribution in [-0.4, -0.2) is 12.1 Å². The summed E-state index contributed by atoms with van der Waals surface area (Å²) in [5.41, 5.74) is 1.93. The summed E-state index contributed by atoms with van der Waals surface area (Å²) >= 11 is 2.06. The molecule has 2 rings (SSSR count). The predicted octanol–water partition coefficient (Wildman–Crippen LogP) is 3.26. The Balaban J connectivity index is 2.41. The number of hydrogen-bond acceptors (Lipinski definition) is 3. The van der Waals surface area contributed by atoms with E-state index < -0.39 is 0 Å². The normalized spacial score (nSPS) is 10.3. The van der Waals surface area contributed by atoms with Crippen LogP contribution in [0.3, 0.4) is 0 Å². The van der Waals surface area contributed by atoms with Crippen LogP contribution in [0.25, 0.3) is 11.3 Å². The van der Waals surface area contributed by atoms with Gasteiger partial charge in [0.05, 0.1) is 7.11 Å². The molecule has 1 aromatic carbocycles. The van der Waals surface area contributed by atoms with E-state index in [1.54, 1.807) is 7.11 Å². The highest BCUT2D eigenvalue weighted by atomic mass is 127. The van der Waals surface area contributed by atoms with E-state index in [-0.39, 0.29) is 0 Å². The molecule has 0 saturated carbocycles. The van der Waals surface area contributed by atoms with E-state index >= 15 is 0 Å². The molecule has 1 aromatic heterocycles. The average molecular weight is 315 g/mol. The Morgan fingerprint density at radius 2 is 1.93 bits per heavy atom. The molecular weight excluding hydrogens is 305 g/mol. The quantitative estimate of drug-likeness (QED) is 0.798. The third-order valence-corrected chi connectivity index (χ3v) is 2.60. The molecular formula is C11H10INO2. The molecule has 4 heteroatoms. The number of rotatable bonds is 2. The molecule has 0 spiro atoms. The molecule has 0 fully saturated rings. The van der Waals surface area contributed by atoms with Crippen molar-refractivity contribution >= 4 is 22.6 Å². The van der Waals surface area contributed by atoms with E-state index in [0.717, 1.165) is 22.8 Å². The highest BCUT2D eigenvalue weighted by Gasteiger charge is 2.09. The summed E-state index contributed by atoms with van der Waals surface area (Å²) in [7, 11) is 1.65. The molecule has 0 unspecified atom stereocenters. The van der Waals surface area contributed by atoms with Crippen molar-refractivity contribution in [2.45, 2.75) is 6.92 Å². The Morgan fingerprint density at radius 1 is 1.27 bits per heavy atom. The number of ether oxygens (including phenoxy) is 1. The molecule has 0 saturated heterocycles. The Hall–Kier alpha value is -1.04. The maximum atomic E-state index is 5.37. The standard InChI is InChI=1S/C11H10INO2/c1-7-10(13-11(12)15-7)8-3-5-9(14-2)6-4-8/h3-6H,1-2H3. The molecule has 0 aliphatic carbocycles. The fourth-order valence-electron chi connectivity index (χ4n) is 1.38. The molecule has 0 N–H and O–H groups in total. The zero-order valence-corrected chi connectivity index (χ0v) is 10.6. The summed E-state index contributed by atoms with van der Waals surface area (Å²) in [4.78, 5) is 4.32. The van der Waals surface area contributed by atoms with Crippen LogP contribution in [-0.2, 0) is 0 Å². The first-order valence-electron chi connectivity index (χ1n) is 4.48. The lowest BCUT2D eigenvalue weighted by Crippen LogP contribution is -1.84. The lowest BCUT2D eigenvalue weighted by Gasteiger charge is -2.00. The minimum absolute atomic E-state index is 0.663. The van der Waals surface area contributed by atoms with Gasteiger partial charge in [0, 0.05) is 28.2 Å². The van der Waals surface area contributed by atoms with Gasteiger partial charge in [-0.1, -0.05) is 0 Å². The van der Waals surface area contributed by atoms with Crippen LogP contribution in [0, 0.1) is 10.8 Å². The summed E-state index contributed by atoms with van der Waals surface area (Å²) in [6, 6.07) is 7.77. The summed E-state index contributed by atoms with van der Waals surface area (Å²) in [6.07, 6.45) is 0. The number of aryl methyl sites for hydroxylation is 1. The van der Waals surface area contributed by atoms with Gasteiger partial charge in [-0.2, -0.15) is 0 Å². The third kappa shape index (κ3) is 2.14. The Morgan fingerprint density at radius 3 is 2.40 bits per heavy atom. The van der Waals surface area contributed by atoms with E-state index in [2.05, 4.69) is 27.6 Å². The topological polar surface area (TPSA) is 35.3 Å². The third-order valence-electron chi connectivity index (χ3n) is 2.13. The van der Waals surface area contributed by atoms with Crippen molar-refractivity contribution in [3.05, 3.63) is 33.9 Å². The summed E-state index contributed by atoms with van der Waals surface area (Å²) < 4.78 is 11.1. The van der Waals surface area contributed by atoms with Crippen molar-refractivity contribution < 1.29 is 9.15 Å². The van der Waals surface area contributed by atoms with Crippen LogP contribution >= 0.6 is 22.6 Å². The first-order valence-corrected chi connectivity index (χ1v) is 5.56. The molecule has 0 atom stereocenters. The average Bonchev–Trinajstić information content (AvgIpc) is 2.58. The summed E-state index contributed by atoms with van der Waals surface area (Å²) in [6.45, 7) is 1.91. The van der Waals surface area contributed by atoms with Crippen molar-refractivity contribution in [1.82, 2.24) is 4.98 Å². The second-order valence-electron chi connectivity index (χ2n) is 3.10. The van der Waals surface area contributed by atoms with Crippen LogP contribution in [0.4, 0.5) is 0 Å². The molecule has 78 valence electrons. The van der Waals surface area contributed by atoms with Gasteiger partial charge in [0.1, 0.15) is 17.2 Å². The number of benzene rings is 1. The van der Waals surface area contributed by atoms with Crippen LogP contribution in [0.1, 0.15) is 5.76 Å². The van der Waals surface area contributed by atoms with Crippen LogP contribution in [0.2, 0.25) is 0 Å². The van der Waals surface area contributed by atoms with Crippen LogP contribution < -0.4 is 4.74 Å². The molecule has 0 bridgehead atoms. The lowest BCUT2D eigenvalue weighted by molar-refractivity contribution is 0.415. The first kappa shape index (κ1) is 10.5. The van der Waals surface area contributed by atoms with Crippen molar-refractivity contribution in [2.75, 3.05) is 7.11 Å². The SMILES string of the molecule is COc1ccc(-c2nc(I)oc2C)cc1. The number of oxazole rings is 1. The number of halogens is 1. The Bertz CT molecular complexity index is 462. The number of methoxy groups -OCH3 is 1. The number of nitrogens with zero attached hydrogens (tertiary/aromatic N) is 1. The minimum Gasteiger partial charge on any atom is -0.497 e. The summed E-state index contributed by atoms with van der Waals surface area (Å²) in [5.74, 6) is 1.68. The maximum absolute atomic E-state index is 5.37. The molecule has 0 aliphatic heterocycles. The molecule has 0 radical (unpaired) electrons. The van der Waals surface area contributed by atoms with Crippen molar-refractivity contribution in [3.8, 4) is 17.0 Å². The lowest BCUT2D eigenvalue weighted by atomic mass is 10.1. The van der Waals surface area contributed by atoms with Gasteiger partial charge >= 0.3 is 0 Å². The van der Waals surface area contributed by atoms with Crippen molar-refractivity contribution in [3.63, 3.8) is 0 Å². The van der Waals surface area contributed by atoms with Gasteiger partial charge in [-0.05, 0) is 31.2 Å². The van der Waals surface area contributed by atoms with Crippen molar-refractivity contribution in [1.29, 1.82) is 0 Å². The second-order valence-corrected chi connectivity index (χ2v) is 4.02. The van der Waals surface area contributed by atoms with Crippen LogP contribution in [0.15, 0.2) is 28.7 Å². The largest absolute Gasteiger partial charge is 0.497 e. The van der Waals surface area contributed by atoms with Gasteiger partial charge < -0.3 is 9.15 Å². The number of aromatic nitrogens is 1. The Labute approximate surface area is 102 Å². The fraction of sp³-hybridized carbons (Fsp3) is 0.182. The summed E-state index contributed by atoms with van der Waals surface area (Å²) in [5, 5.41) is 0. The molecule has 3 nitrogen and oxygen atoms in total. The number of hydrogen-bond donors (Lipinski definition) is 0. The van der Waals surface area contributed by atoms with Gasteiger partial charge in [-0.15, -0.1) is 0 Å². The highest BCUT2D eigenvalue weighted by molar-refractivity contribution is 14.1. The van der Waals surface area contributed by atoms with E-state index in [1.807, 2.05) is 31.2 Å². The minimum atomic E-state index is 0.663. The van der Waals surface area contributed by atoms with Gasteiger partial charge in [0.25, 0.3) is 3.90 Å². The van der Waals surface area contributed by atoms with E-state index in [4.69, 9.17) is 9.15 Å². The molecule has 15 heavy (non-hydrogen) atoms. The molecule has 0 aliphatic rings. The predicted molar refractivity (Wildman–Crippen MR) is 65.9 cm³/mol. The highest BCUT2D eigenvalue weighted by Crippen LogP contribution is 2.25. The first-order chi connectivity index (χ1) is 7.20. The zero-order valence-electron chi connectivity index (χ0n) is 8.45. The van der Waals surface area contributed by atoms with Crippen LogP contribution in [0.5, 0.6) is 5.75 Å². The van der Waals surface area contributed by atoms with E-state index in [1.165, 1.54) is 0 Å². The molecule has 1 heterocycles. The molecule has 2 aromatic rings. The molecule has 0 amide bonds. The fourth-order valence-corrected chi connectivity index (χ4v) is 1.95. The van der Waals surface area contributed by atoms with Gasteiger partial charge in [0.15, 0.2) is 0 Å². The van der Waals surface area contributed by atoms with E-state index in [9.17, 15) is 0 Å². The zero-order chi connectivity index (χ0) is 10.8. The van der Waals surface area contributed by atoms with E-state index in [0.29, 0.717) is 3.90 Å². The Kier molecular flexibility index (Phi) is 2.95. The van der Waals surface area contributed by atoms with Gasteiger partial charge in [-0.25, -0.2) is 4.98 Å². The second kappa shape index (κ2) is 4.22. The maximum Gasteiger partial charge on any atom is 0.257 e. The van der Waals surface area contributed by atoms with Gasteiger partial charge in [0.2, 0.25) is 0 Å². The monoisotopic (exact) mass is 315 g/mol.